The number of Topliss-reactive ketones (excluding diaryl/α,β-unsaturated/α-hetero) is 1. The second kappa shape index (κ2) is 8.03. The van der Waals surface area contributed by atoms with Gasteiger partial charge in [0.25, 0.3) is 0 Å². The van der Waals surface area contributed by atoms with Gasteiger partial charge < -0.3 is 5.32 Å². The Bertz CT molecular complexity index is 768. The number of anilines is 1. The van der Waals surface area contributed by atoms with E-state index in [-0.39, 0.29) is 11.4 Å². The second-order valence-corrected chi connectivity index (χ2v) is 7.38. The van der Waals surface area contributed by atoms with E-state index in [1.54, 1.807) is 6.92 Å². The number of hydrogen-bond acceptors (Lipinski definition) is 3. The zero-order chi connectivity index (χ0) is 18.6. The van der Waals surface area contributed by atoms with Gasteiger partial charge in [-0.15, -0.1) is 0 Å². The fraction of sp³-hybridized carbons (Fsp3) is 0.381. The van der Waals surface area contributed by atoms with Crippen LogP contribution in [0.15, 0.2) is 36.4 Å². The highest BCUT2D eigenvalue weighted by Crippen LogP contribution is 2.22. The Balaban J connectivity index is 2.06. The van der Waals surface area contributed by atoms with E-state index in [0.29, 0.717) is 6.54 Å². The van der Waals surface area contributed by atoms with Gasteiger partial charge in [0, 0.05) is 22.8 Å². The van der Waals surface area contributed by atoms with E-state index in [0.717, 1.165) is 33.8 Å². The normalized spacial score (nSPS) is 11.4. The molecule has 2 rings (SSSR count). The van der Waals surface area contributed by atoms with Gasteiger partial charge in [0.1, 0.15) is 0 Å². The third kappa shape index (κ3) is 5.32. The predicted molar refractivity (Wildman–Crippen MR) is 107 cm³/mol. The van der Waals surface area contributed by atoms with Gasteiger partial charge in [-0.3, -0.25) is 10.1 Å². The molecule has 2 aromatic carbocycles. The molecule has 0 aliphatic rings. The van der Waals surface area contributed by atoms with E-state index in [4.69, 9.17) is 11.6 Å². The number of benzene rings is 2. The quantitative estimate of drug-likeness (QED) is 0.517. The van der Waals surface area contributed by atoms with Gasteiger partial charge in [0.2, 0.25) is 0 Å². The van der Waals surface area contributed by atoms with Crippen LogP contribution in [0.3, 0.4) is 0 Å². The molecule has 3 nitrogen and oxygen atoms in total. The standard InChI is InChI=1S/C21H27ClN2O/c1-6-17-11-16(8-10-19(17)15(3)25)13-23-21(4,5)24-18-9-7-14(2)20(22)12-18/h7-12,23-24H,6,13H2,1-5H3. The molecule has 134 valence electrons. The molecular weight excluding hydrogens is 332 g/mol. The molecule has 0 heterocycles. The zero-order valence-electron chi connectivity index (χ0n) is 15.7. The second-order valence-electron chi connectivity index (χ2n) is 6.97. The molecule has 0 amide bonds. The molecule has 4 heteroatoms. The van der Waals surface area contributed by atoms with Crippen LogP contribution in [0.2, 0.25) is 5.02 Å². The van der Waals surface area contributed by atoms with Gasteiger partial charge in [-0.1, -0.05) is 42.8 Å². The van der Waals surface area contributed by atoms with Crippen LogP contribution in [0.4, 0.5) is 5.69 Å². The number of nitrogens with one attached hydrogen (secondary N) is 2. The molecule has 0 radical (unpaired) electrons. The number of halogens is 1. The first-order chi connectivity index (χ1) is 11.7. The first-order valence-corrected chi connectivity index (χ1v) is 9.01. The monoisotopic (exact) mass is 358 g/mol. The number of rotatable bonds is 7. The predicted octanol–water partition coefficient (Wildman–Crippen LogP) is 5.35. The number of aryl methyl sites for hydroxylation is 2. The summed E-state index contributed by atoms with van der Waals surface area (Å²) in [6, 6.07) is 12.0. The fourth-order valence-corrected chi connectivity index (χ4v) is 2.97. The van der Waals surface area contributed by atoms with Crippen molar-refractivity contribution in [3.8, 4) is 0 Å². The maximum Gasteiger partial charge on any atom is 0.160 e. The fourth-order valence-electron chi connectivity index (χ4n) is 2.79. The Hall–Kier alpha value is -1.84. The molecule has 0 atom stereocenters. The van der Waals surface area contributed by atoms with Crippen molar-refractivity contribution < 1.29 is 4.79 Å². The summed E-state index contributed by atoms with van der Waals surface area (Å²) < 4.78 is 0. The minimum Gasteiger partial charge on any atom is -0.368 e. The van der Waals surface area contributed by atoms with E-state index in [9.17, 15) is 4.79 Å². The van der Waals surface area contributed by atoms with Crippen LogP contribution in [-0.2, 0) is 13.0 Å². The summed E-state index contributed by atoms with van der Waals surface area (Å²) in [6.07, 6.45) is 0.853. The van der Waals surface area contributed by atoms with E-state index in [1.807, 2.05) is 37.3 Å². The molecule has 0 fully saturated rings. The Morgan fingerprint density at radius 2 is 1.88 bits per heavy atom. The van der Waals surface area contributed by atoms with Gasteiger partial charge >= 0.3 is 0 Å². The molecule has 0 aliphatic carbocycles. The third-order valence-electron chi connectivity index (χ3n) is 4.29. The summed E-state index contributed by atoms with van der Waals surface area (Å²) in [6.45, 7) is 10.6. The molecule has 0 bridgehead atoms. The lowest BCUT2D eigenvalue weighted by molar-refractivity contribution is 0.101. The first-order valence-electron chi connectivity index (χ1n) is 8.64. The molecule has 2 N–H and O–H groups in total. The van der Waals surface area contributed by atoms with Crippen LogP contribution in [0, 0.1) is 6.92 Å². The highest BCUT2D eigenvalue weighted by Gasteiger charge is 2.17. The molecule has 2 aromatic rings. The molecule has 0 saturated carbocycles. The van der Waals surface area contributed by atoms with Crippen molar-refractivity contribution in [3.63, 3.8) is 0 Å². The summed E-state index contributed by atoms with van der Waals surface area (Å²) in [7, 11) is 0. The lowest BCUT2D eigenvalue weighted by atomic mass is 9.99. The largest absolute Gasteiger partial charge is 0.368 e. The van der Waals surface area contributed by atoms with Crippen molar-refractivity contribution >= 4 is 23.1 Å². The topological polar surface area (TPSA) is 41.1 Å². The maximum atomic E-state index is 11.7. The Morgan fingerprint density at radius 3 is 2.48 bits per heavy atom. The number of ketones is 1. The zero-order valence-corrected chi connectivity index (χ0v) is 16.4. The van der Waals surface area contributed by atoms with Crippen LogP contribution in [0.25, 0.3) is 0 Å². The average molecular weight is 359 g/mol. The smallest absolute Gasteiger partial charge is 0.160 e. The summed E-state index contributed by atoms with van der Waals surface area (Å²) in [5.74, 6) is 0.120. The minimum absolute atomic E-state index is 0.120. The number of hydrogen-bond donors (Lipinski definition) is 2. The number of carbonyl (C=O) groups excluding carboxylic acids is 1. The maximum absolute atomic E-state index is 11.7. The highest BCUT2D eigenvalue weighted by atomic mass is 35.5. The van der Waals surface area contributed by atoms with Crippen molar-refractivity contribution in [2.45, 2.75) is 53.2 Å². The lowest BCUT2D eigenvalue weighted by Gasteiger charge is -2.29. The van der Waals surface area contributed by atoms with Crippen LogP contribution in [0.1, 0.15) is 54.7 Å². The molecule has 0 spiro atoms. The van der Waals surface area contributed by atoms with Gasteiger partial charge in [-0.2, -0.15) is 0 Å². The van der Waals surface area contributed by atoms with Crippen LogP contribution in [-0.4, -0.2) is 11.4 Å². The average Bonchev–Trinajstić information content (AvgIpc) is 2.55. The number of carbonyl (C=O) groups is 1. The first kappa shape index (κ1) is 19.5. The molecule has 0 unspecified atom stereocenters. The Labute approximate surface area is 155 Å². The van der Waals surface area contributed by atoms with Crippen molar-refractivity contribution in [1.82, 2.24) is 5.32 Å². The lowest BCUT2D eigenvalue weighted by Crippen LogP contribution is -2.45. The Morgan fingerprint density at radius 1 is 1.16 bits per heavy atom. The third-order valence-corrected chi connectivity index (χ3v) is 4.70. The van der Waals surface area contributed by atoms with Gasteiger partial charge in [0.05, 0.1) is 5.66 Å². The van der Waals surface area contributed by atoms with Gasteiger partial charge in [-0.05, 0) is 62.9 Å². The minimum atomic E-state index is -0.301. The molecule has 0 aromatic heterocycles. The van der Waals surface area contributed by atoms with Gasteiger partial charge in [0.15, 0.2) is 5.78 Å². The van der Waals surface area contributed by atoms with Crippen LogP contribution < -0.4 is 10.6 Å². The molecule has 25 heavy (non-hydrogen) atoms. The summed E-state index contributed by atoms with van der Waals surface area (Å²) in [5, 5.41) is 7.74. The Kier molecular flexibility index (Phi) is 6.26. The summed E-state index contributed by atoms with van der Waals surface area (Å²) >= 11 is 6.20. The van der Waals surface area contributed by atoms with Crippen molar-refractivity contribution in [2.75, 3.05) is 5.32 Å². The van der Waals surface area contributed by atoms with E-state index in [1.165, 1.54) is 5.56 Å². The SMILES string of the molecule is CCc1cc(CNC(C)(C)Nc2ccc(C)c(Cl)c2)ccc1C(C)=O. The van der Waals surface area contributed by atoms with E-state index >= 15 is 0 Å². The molecular formula is C21H27ClN2O. The summed E-state index contributed by atoms with van der Waals surface area (Å²) in [4.78, 5) is 11.7. The highest BCUT2D eigenvalue weighted by molar-refractivity contribution is 6.31. The van der Waals surface area contributed by atoms with Crippen LogP contribution in [0.5, 0.6) is 0 Å². The molecule has 0 aliphatic heterocycles. The van der Waals surface area contributed by atoms with Crippen molar-refractivity contribution in [3.05, 3.63) is 63.7 Å². The summed E-state index contributed by atoms with van der Waals surface area (Å²) in [5.41, 5.74) is 4.83. The van der Waals surface area contributed by atoms with Gasteiger partial charge in [-0.25, -0.2) is 0 Å². The van der Waals surface area contributed by atoms with Crippen LogP contribution >= 0.6 is 11.6 Å². The molecule has 0 saturated heterocycles. The van der Waals surface area contributed by atoms with Crippen molar-refractivity contribution in [1.29, 1.82) is 0 Å². The van der Waals surface area contributed by atoms with Crippen molar-refractivity contribution in [2.24, 2.45) is 0 Å². The van der Waals surface area contributed by atoms with E-state index < -0.39 is 0 Å². The van der Waals surface area contributed by atoms with E-state index in [2.05, 4.69) is 37.5 Å².